The molecule has 1 aliphatic heterocycles. The molecule has 122 valence electrons. The SMILES string of the molecule is CC(C)=NOC1CCC(NCC(=O)N2CCC[C@H]2C#N)CC1. The van der Waals surface area contributed by atoms with E-state index in [0.717, 1.165) is 44.2 Å². The third-order valence-corrected chi connectivity index (χ3v) is 4.32. The van der Waals surface area contributed by atoms with Crippen molar-refractivity contribution in [3.63, 3.8) is 0 Å². The van der Waals surface area contributed by atoms with E-state index in [1.54, 1.807) is 4.90 Å². The number of hydrogen-bond acceptors (Lipinski definition) is 5. The van der Waals surface area contributed by atoms with Crippen LogP contribution in [0.15, 0.2) is 5.16 Å². The Balaban J connectivity index is 1.67. The van der Waals surface area contributed by atoms with Crippen LogP contribution in [-0.4, -0.2) is 47.8 Å². The molecular formula is C16H26N4O2. The fourth-order valence-corrected chi connectivity index (χ4v) is 3.08. The van der Waals surface area contributed by atoms with Crippen LogP contribution in [0.2, 0.25) is 0 Å². The van der Waals surface area contributed by atoms with Crippen LogP contribution in [0.25, 0.3) is 0 Å². The average molecular weight is 306 g/mol. The minimum absolute atomic E-state index is 0.0497. The van der Waals surface area contributed by atoms with Gasteiger partial charge in [0.15, 0.2) is 0 Å². The van der Waals surface area contributed by atoms with Gasteiger partial charge in [0.25, 0.3) is 0 Å². The molecule has 22 heavy (non-hydrogen) atoms. The molecule has 0 radical (unpaired) electrons. The molecule has 2 fully saturated rings. The Labute approximate surface area is 132 Å². The molecule has 6 heteroatoms. The molecule has 0 aromatic heterocycles. The van der Waals surface area contributed by atoms with Crippen molar-refractivity contribution in [3.05, 3.63) is 0 Å². The first-order valence-corrected chi connectivity index (χ1v) is 8.19. The fourth-order valence-electron chi connectivity index (χ4n) is 3.08. The van der Waals surface area contributed by atoms with Gasteiger partial charge in [0.05, 0.1) is 18.3 Å². The first-order valence-electron chi connectivity index (χ1n) is 8.19. The van der Waals surface area contributed by atoms with Gasteiger partial charge in [-0.2, -0.15) is 5.26 Å². The maximum Gasteiger partial charge on any atom is 0.237 e. The number of oxime groups is 1. The Morgan fingerprint density at radius 2 is 2.05 bits per heavy atom. The molecule has 6 nitrogen and oxygen atoms in total. The summed E-state index contributed by atoms with van der Waals surface area (Å²) >= 11 is 0. The van der Waals surface area contributed by atoms with Crippen LogP contribution >= 0.6 is 0 Å². The average Bonchev–Trinajstić information content (AvgIpc) is 3.00. The number of likely N-dealkylation sites (tertiary alicyclic amines) is 1. The van der Waals surface area contributed by atoms with Gasteiger partial charge in [0.1, 0.15) is 12.1 Å². The number of carbonyl (C=O) groups is 1. The highest BCUT2D eigenvalue weighted by Gasteiger charge is 2.29. The molecule has 1 saturated heterocycles. The van der Waals surface area contributed by atoms with Gasteiger partial charge >= 0.3 is 0 Å². The smallest absolute Gasteiger partial charge is 0.237 e. The van der Waals surface area contributed by atoms with Crippen LogP contribution in [0.1, 0.15) is 52.4 Å². The molecule has 1 atom stereocenters. The van der Waals surface area contributed by atoms with E-state index >= 15 is 0 Å². The zero-order chi connectivity index (χ0) is 15.9. The number of nitriles is 1. The van der Waals surface area contributed by atoms with E-state index in [0.29, 0.717) is 19.1 Å². The van der Waals surface area contributed by atoms with Gasteiger partial charge in [-0.05, 0) is 52.4 Å². The highest BCUT2D eigenvalue weighted by Crippen LogP contribution is 2.22. The Bertz CT molecular complexity index is 446. The maximum atomic E-state index is 12.2. The van der Waals surface area contributed by atoms with Crippen molar-refractivity contribution >= 4 is 11.6 Å². The van der Waals surface area contributed by atoms with Gasteiger partial charge in [-0.3, -0.25) is 4.79 Å². The lowest BCUT2D eigenvalue weighted by atomic mass is 9.93. The van der Waals surface area contributed by atoms with Crippen molar-refractivity contribution < 1.29 is 9.63 Å². The Kier molecular flexibility index (Phi) is 6.20. The van der Waals surface area contributed by atoms with E-state index in [9.17, 15) is 4.79 Å². The number of hydrogen-bond donors (Lipinski definition) is 1. The minimum Gasteiger partial charge on any atom is -0.393 e. The molecule has 0 unspecified atom stereocenters. The second-order valence-electron chi connectivity index (χ2n) is 6.37. The van der Waals surface area contributed by atoms with Crippen molar-refractivity contribution in [2.75, 3.05) is 13.1 Å². The third kappa shape index (κ3) is 4.70. The third-order valence-electron chi connectivity index (χ3n) is 4.32. The molecule has 0 spiro atoms. The molecule has 1 N–H and O–H groups in total. The summed E-state index contributed by atoms with van der Waals surface area (Å²) in [6, 6.07) is 2.34. The maximum absolute atomic E-state index is 12.2. The Morgan fingerprint density at radius 1 is 1.32 bits per heavy atom. The van der Waals surface area contributed by atoms with Gasteiger partial charge in [-0.1, -0.05) is 5.16 Å². The molecule has 0 aromatic carbocycles. The predicted octanol–water partition coefficient (Wildman–Crippen LogP) is 1.81. The number of rotatable bonds is 5. The van der Waals surface area contributed by atoms with E-state index in [1.807, 2.05) is 13.8 Å². The van der Waals surface area contributed by atoms with Crippen LogP contribution < -0.4 is 5.32 Å². The summed E-state index contributed by atoms with van der Waals surface area (Å²) in [5, 5.41) is 16.4. The topological polar surface area (TPSA) is 77.7 Å². The number of nitrogens with one attached hydrogen (secondary N) is 1. The molecule has 2 rings (SSSR count). The summed E-state index contributed by atoms with van der Waals surface area (Å²) < 4.78 is 0. The molecule has 1 saturated carbocycles. The summed E-state index contributed by atoms with van der Waals surface area (Å²) in [6.07, 6.45) is 5.87. The van der Waals surface area contributed by atoms with Crippen LogP contribution in [0.5, 0.6) is 0 Å². The second kappa shape index (κ2) is 8.14. The van der Waals surface area contributed by atoms with Crippen LogP contribution in [0, 0.1) is 11.3 Å². The highest BCUT2D eigenvalue weighted by molar-refractivity contribution is 5.79. The van der Waals surface area contributed by atoms with Crippen molar-refractivity contribution in [1.29, 1.82) is 5.26 Å². The summed E-state index contributed by atoms with van der Waals surface area (Å²) in [6.45, 7) is 4.89. The summed E-state index contributed by atoms with van der Waals surface area (Å²) in [7, 11) is 0. The standard InChI is InChI=1S/C16H26N4O2/c1-12(2)19-22-15-7-5-13(6-8-15)18-11-16(21)20-9-3-4-14(20)10-17/h13-15,18H,3-9,11H2,1-2H3/t13?,14-,15?/m0/s1. The minimum atomic E-state index is -0.228. The number of nitrogens with zero attached hydrogens (tertiary/aromatic N) is 3. The van der Waals surface area contributed by atoms with Gasteiger partial charge in [0.2, 0.25) is 5.91 Å². The quantitative estimate of drug-likeness (QED) is 0.621. The van der Waals surface area contributed by atoms with E-state index in [1.165, 1.54) is 0 Å². The van der Waals surface area contributed by atoms with Crippen molar-refractivity contribution in [2.45, 2.75) is 70.6 Å². The van der Waals surface area contributed by atoms with Gasteiger partial charge in [-0.25, -0.2) is 0 Å². The Morgan fingerprint density at radius 3 is 2.68 bits per heavy atom. The first-order chi connectivity index (χ1) is 10.6. The number of carbonyl (C=O) groups excluding carboxylic acids is 1. The fraction of sp³-hybridized carbons (Fsp3) is 0.812. The van der Waals surface area contributed by atoms with Crippen LogP contribution in [0.3, 0.4) is 0 Å². The van der Waals surface area contributed by atoms with E-state index in [2.05, 4.69) is 16.5 Å². The molecule has 0 aromatic rings. The summed E-state index contributed by atoms with van der Waals surface area (Å²) in [5.74, 6) is 0.0497. The zero-order valence-corrected chi connectivity index (χ0v) is 13.5. The molecule has 1 amide bonds. The normalized spacial score (nSPS) is 28.0. The lowest BCUT2D eigenvalue weighted by molar-refractivity contribution is -0.130. The number of amides is 1. The van der Waals surface area contributed by atoms with E-state index in [4.69, 9.17) is 10.1 Å². The molecular weight excluding hydrogens is 280 g/mol. The first kappa shape index (κ1) is 16.8. The van der Waals surface area contributed by atoms with E-state index < -0.39 is 0 Å². The van der Waals surface area contributed by atoms with Crippen molar-refractivity contribution in [1.82, 2.24) is 10.2 Å². The van der Waals surface area contributed by atoms with E-state index in [-0.39, 0.29) is 18.1 Å². The lowest BCUT2D eigenvalue weighted by Crippen LogP contribution is -2.44. The van der Waals surface area contributed by atoms with Gasteiger partial charge in [-0.15, -0.1) is 0 Å². The molecule has 1 heterocycles. The summed E-state index contributed by atoms with van der Waals surface area (Å²) in [5.41, 5.74) is 0.934. The molecule has 1 aliphatic carbocycles. The lowest BCUT2D eigenvalue weighted by Gasteiger charge is -2.28. The van der Waals surface area contributed by atoms with Crippen LogP contribution in [0.4, 0.5) is 0 Å². The largest absolute Gasteiger partial charge is 0.393 e. The van der Waals surface area contributed by atoms with Crippen molar-refractivity contribution in [2.24, 2.45) is 5.16 Å². The second-order valence-corrected chi connectivity index (χ2v) is 6.37. The van der Waals surface area contributed by atoms with Crippen molar-refractivity contribution in [3.8, 4) is 6.07 Å². The summed E-state index contributed by atoms with van der Waals surface area (Å²) in [4.78, 5) is 19.4. The zero-order valence-electron chi connectivity index (χ0n) is 13.5. The highest BCUT2D eigenvalue weighted by atomic mass is 16.6. The monoisotopic (exact) mass is 306 g/mol. The van der Waals surface area contributed by atoms with Crippen LogP contribution in [-0.2, 0) is 9.63 Å². The molecule has 0 bridgehead atoms. The Hall–Kier alpha value is -1.61. The van der Waals surface area contributed by atoms with Gasteiger partial charge in [0, 0.05) is 12.6 Å². The predicted molar refractivity (Wildman–Crippen MR) is 84.3 cm³/mol. The molecule has 2 aliphatic rings. The van der Waals surface area contributed by atoms with Gasteiger partial charge < -0.3 is 15.1 Å².